The Bertz CT molecular complexity index is 480. The Kier molecular flexibility index (Phi) is 5.28. The Balaban J connectivity index is 0.00000161. The highest BCUT2D eigenvalue weighted by atomic mass is 35.5. The van der Waals surface area contributed by atoms with E-state index < -0.39 is 0 Å². The zero-order valence-corrected chi connectivity index (χ0v) is 13.7. The molecule has 1 amide bonds. The van der Waals surface area contributed by atoms with Crippen LogP contribution < -0.4 is 5.32 Å². The molecule has 1 aliphatic carbocycles. The second-order valence-electron chi connectivity index (χ2n) is 6.35. The summed E-state index contributed by atoms with van der Waals surface area (Å²) in [6, 6.07) is 8.85. The largest absolute Gasteiger partial charge is 0.340 e. The minimum Gasteiger partial charge on any atom is -0.340 e. The van der Waals surface area contributed by atoms with E-state index >= 15 is 0 Å². The van der Waals surface area contributed by atoms with E-state index in [4.69, 9.17) is 0 Å². The Morgan fingerprint density at radius 2 is 1.81 bits per heavy atom. The van der Waals surface area contributed by atoms with Crippen LogP contribution in [-0.4, -0.2) is 37.0 Å². The van der Waals surface area contributed by atoms with Crippen LogP contribution >= 0.6 is 12.4 Å². The topological polar surface area (TPSA) is 32.3 Å². The number of carbonyl (C=O) groups is 1. The van der Waals surface area contributed by atoms with E-state index in [9.17, 15) is 4.79 Å². The maximum atomic E-state index is 12.4. The number of nitrogens with one attached hydrogen (secondary N) is 1. The Morgan fingerprint density at radius 1 is 1.19 bits per heavy atom. The monoisotopic (exact) mass is 308 g/mol. The third-order valence-electron chi connectivity index (χ3n) is 4.57. The predicted molar refractivity (Wildman–Crippen MR) is 88.1 cm³/mol. The van der Waals surface area contributed by atoms with Gasteiger partial charge in [-0.2, -0.15) is 0 Å². The van der Waals surface area contributed by atoms with Gasteiger partial charge >= 0.3 is 0 Å². The number of hydrogen-bond acceptors (Lipinski definition) is 2. The zero-order chi connectivity index (χ0) is 14.1. The molecular formula is C17H25ClN2O. The summed E-state index contributed by atoms with van der Waals surface area (Å²) in [6.45, 7) is 8.03. The van der Waals surface area contributed by atoms with Crippen molar-refractivity contribution in [2.75, 3.05) is 26.2 Å². The summed E-state index contributed by atoms with van der Waals surface area (Å²) >= 11 is 0. The van der Waals surface area contributed by atoms with Gasteiger partial charge in [0.15, 0.2) is 0 Å². The van der Waals surface area contributed by atoms with Gasteiger partial charge in [-0.3, -0.25) is 4.79 Å². The van der Waals surface area contributed by atoms with Crippen LogP contribution in [0.25, 0.3) is 0 Å². The molecule has 0 aromatic heterocycles. The summed E-state index contributed by atoms with van der Waals surface area (Å²) in [5, 5.41) is 3.29. The highest BCUT2D eigenvalue weighted by molar-refractivity contribution is 5.85. The van der Waals surface area contributed by atoms with Crippen LogP contribution in [0.4, 0.5) is 0 Å². The molecule has 0 radical (unpaired) electrons. The molecule has 3 nitrogen and oxygen atoms in total. The minimum absolute atomic E-state index is 0. The van der Waals surface area contributed by atoms with Crippen molar-refractivity contribution in [2.24, 2.45) is 5.92 Å². The first-order valence-corrected chi connectivity index (χ1v) is 7.76. The van der Waals surface area contributed by atoms with Crippen molar-refractivity contribution < 1.29 is 4.79 Å². The Morgan fingerprint density at radius 3 is 2.38 bits per heavy atom. The number of piperazine rings is 1. The summed E-state index contributed by atoms with van der Waals surface area (Å²) in [5.41, 5.74) is 2.71. The number of hydrogen-bond donors (Lipinski definition) is 1. The number of benzene rings is 1. The van der Waals surface area contributed by atoms with E-state index in [2.05, 4.69) is 43.4 Å². The molecule has 2 unspecified atom stereocenters. The van der Waals surface area contributed by atoms with Crippen LogP contribution in [0.2, 0.25) is 0 Å². The van der Waals surface area contributed by atoms with Crippen LogP contribution in [0.5, 0.6) is 0 Å². The molecule has 1 aromatic carbocycles. The van der Waals surface area contributed by atoms with Crippen LogP contribution in [-0.2, 0) is 4.79 Å². The molecule has 4 heteroatoms. The second kappa shape index (κ2) is 6.80. The van der Waals surface area contributed by atoms with Crippen LogP contribution in [0.1, 0.15) is 43.2 Å². The quantitative estimate of drug-likeness (QED) is 0.931. The first kappa shape index (κ1) is 16.3. The molecule has 3 rings (SSSR count). The third kappa shape index (κ3) is 3.58. The van der Waals surface area contributed by atoms with Gasteiger partial charge in [-0.15, -0.1) is 12.4 Å². The summed E-state index contributed by atoms with van der Waals surface area (Å²) in [6.07, 6.45) is 1.03. The van der Waals surface area contributed by atoms with Crippen molar-refractivity contribution in [3.05, 3.63) is 35.4 Å². The standard InChI is InChI=1S/C17H24N2O.ClH/c1-12(2)13-3-5-14(6-4-13)15-11-16(15)17(20)19-9-7-18-8-10-19;/h3-6,12,15-16,18H,7-11H2,1-2H3;1H. The average molecular weight is 309 g/mol. The predicted octanol–water partition coefficient (Wildman–Crippen LogP) is 2.77. The lowest BCUT2D eigenvalue weighted by atomic mass is 10.00. The summed E-state index contributed by atoms with van der Waals surface area (Å²) < 4.78 is 0. The molecule has 0 spiro atoms. The first-order valence-electron chi connectivity index (χ1n) is 7.76. The molecule has 1 saturated carbocycles. The minimum atomic E-state index is 0. The lowest BCUT2D eigenvalue weighted by Crippen LogP contribution is -2.47. The van der Waals surface area contributed by atoms with Gasteiger partial charge in [0, 0.05) is 32.1 Å². The normalized spacial score (nSPS) is 24.6. The molecule has 1 aliphatic heterocycles. The van der Waals surface area contributed by atoms with Gasteiger partial charge in [-0.25, -0.2) is 0 Å². The molecular weight excluding hydrogens is 284 g/mol. The third-order valence-corrected chi connectivity index (χ3v) is 4.57. The molecule has 2 aliphatic rings. The Labute approximate surface area is 133 Å². The fraction of sp³-hybridized carbons (Fsp3) is 0.588. The highest BCUT2D eigenvalue weighted by Gasteiger charge is 2.45. The van der Waals surface area contributed by atoms with E-state index in [0.717, 1.165) is 32.6 Å². The maximum absolute atomic E-state index is 12.4. The summed E-state index contributed by atoms with van der Waals surface area (Å²) in [4.78, 5) is 14.4. The number of rotatable bonds is 3. The molecule has 1 N–H and O–H groups in total. The van der Waals surface area contributed by atoms with Gasteiger partial charge < -0.3 is 10.2 Å². The van der Waals surface area contributed by atoms with Crippen molar-refractivity contribution >= 4 is 18.3 Å². The van der Waals surface area contributed by atoms with E-state index in [1.54, 1.807) is 0 Å². The fourth-order valence-corrected chi connectivity index (χ4v) is 3.08. The molecule has 1 aromatic rings. The smallest absolute Gasteiger partial charge is 0.226 e. The van der Waals surface area contributed by atoms with Gasteiger partial charge in [0.1, 0.15) is 0 Å². The molecule has 116 valence electrons. The highest BCUT2D eigenvalue weighted by Crippen LogP contribution is 2.48. The molecule has 0 bridgehead atoms. The van der Waals surface area contributed by atoms with Crippen molar-refractivity contribution in [3.63, 3.8) is 0 Å². The molecule has 2 fully saturated rings. The van der Waals surface area contributed by atoms with Crippen LogP contribution in [0.15, 0.2) is 24.3 Å². The van der Waals surface area contributed by atoms with E-state index in [1.807, 2.05) is 4.90 Å². The molecule has 1 heterocycles. The van der Waals surface area contributed by atoms with Crippen LogP contribution in [0.3, 0.4) is 0 Å². The molecule has 2 atom stereocenters. The first-order chi connectivity index (χ1) is 9.66. The number of halogens is 1. The van der Waals surface area contributed by atoms with E-state index in [-0.39, 0.29) is 18.3 Å². The summed E-state index contributed by atoms with van der Waals surface area (Å²) in [5.74, 6) is 1.63. The average Bonchev–Trinajstić information content (AvgIpc) is 3.28. The Hall–Kier alpha value is -1.06. The number of nitrogens with zero attached hydrogens (tertiary/aromatic N) is 1. The molecule has 21 heavy (non-hydrogen) atoms. The van der Waals surface area contributed by atoms with E-state index in [1.165, 1.54) is 11.1 Å². The van der Waals surface area contributed by atoms with Gasteiger partial charge in [-0.1, -0.05) is 38.1 Å². The van der Waals surface area contributed by atoms with Gasteiger partial charge in [0.05, 0.1) is 0 Å². The van der Waals surface area contributed by atoms with Crippen molar-refractivity contribution in [1.82, 2.24) is 10.2 Å². The molecule has 1 saturated heterocycles. The van der Waals surface area contributed by atoms with Crippen molar-refractivity contribution in [2.45, 2.75) is 32.1 Å². The lowest BCUT2D eigenvalue weighted by Gasteiger charge is -2.27. The van der Waals surface area contributed by atoms with Crippen molar-refractivity contribution in [1.29, 1.82) is 0 Å². The van der Waals surface area contributed by atoms with Crippen molar-refractivity contribution in [3.8, 4) is 0 Å². The summed E-state index contributed by atoms with van der Waals surface area (Å²) in [7, 11) is 0. The lowest BCUT2D eigenvalue weighted by molar-refractivity contribution is -0.133. The van der Waals surface area contributed by atoms with Gasteiger partial charge in [0.25, 0.3) is 0 Å². The zero-order valence-electron chi connectivity index (χ0n) is 12.8. The van der Waals surface area contributed by atoms with E-state index in [0.29, 0.717) is 17.7 Å². The number of amides is 1. The maximum Gasteiger partial charge on any atom is 0.226 e. The van der Waals surface area contributed by atoms with Gasteiger partial charge in [-0.05, 0) is 29.4 Å². The van der Waals surface area contributed by atoms with Gasteiger partial charge in [0.2, 0.25) is 5.91 Å². The second-order valence-corrected chi connectivity index (χ2v) is 6.35. The SMILES string of the molecule is CC(C)c1ccc(C2CC2C(=O)N2CCNCC2)cc1.Cl. The number of carbonyl (C=O) groups excluding carboxylic acids is 1. The van der Waals surface area contributed by atoms with Crippen LogP contribution in [0, 0.1) is 5.92 Å². The fourth-order valence-electron chi connectivity index (χ4n) is 3.08.